The monoisotopic (exact) mass is 459 g/mol. The lowest BCUT2D eigenvalue weighted by molar-refractivity contribution is -0.131. The third-order valence-corrected chi connectivity index (χ3v) is 5.70. The summed E-state index contributed by atoms with van der Waals surface area (Å²) in [5.74, 6) is -0.164. The highest BCUT2D eigenvalue weighted by Gasteiger charge is 2.23. The van der Waals surface area contributed by atoms with Crippen LogP contribution in [0.15, 0.2) is 36.7 Å². The predicted molar refractivity (Wildman–Crippen MR) is 124 cm³/mol. The maximum Gasteiger partial charge on any atom is 0.274 e. The third-order valence-electron chi connectivity index (χ3n) is 5.47. The van der Waals surface area contributed by atoms with Crippen LogP contribution in [0.1, 0.15) is 29.0 Å². The van der Waals surface area contributed by atoms with Crippen LogP contribution in [0.3, 0.4) is 0 Å². The van der Waals surface area contributed by atoms with Crippen LogP contribution in [-0.4, -0.2) is 84.6 Å². The standard InChI is InChI=1S/C23H30ClN5O3/c1-18-16-26-21(17-25-18)23(31)29(8-4-14-32-2)9-7-22(30)28-12-10-27(11-13-28)20-6-3-5-19(24)15-20/h3,5-6,15-17H,4,7-14H2,1-2H3. The first-order chi connectivity index (χ1) is 15.5. The van der Waals surface area contributed by atoms with Crippen LogP contribution >= 0.6 is 11.6 Å². The average molecular weight is 460 g/mol. The van der Waals surface area contributed by atoms with Crippen LogP contribution in [0, 0.1) is 6.92 Å². The molecular formula is C23H30ClN5O3. The number of carbonyl (C=O) groups excluding carboxylic acids is 2. The van der Waals surface area contributed by atoms with Crippen molar-refractivity contribution in [3.05, 3.63) is 53.1 Å². The van der Waals surface area contributed by atoms with Crippen LogP contribution in [0.25, 0.3) is 0 Å². The van der Waals surface area contributed by atoms with Crippen molar-refractivity contribution in [1.82, 2.24) is 19.8 Å². The van der Waals surface area contributed by atoms with E-state index < -0.39 is 0 Å². The summed E-state index contributed by atoms with van der Waals surface area (Å²) in [4.78, 5) is 39.9. The van der Waals surface area contributed by atoms with Crippen molar-refractivity contribution >= 4 is 29.1 Å². The van der Waals surface area contributed by atoms with Gasteiger partial charge in [0.1, 0.15) is 5.69 Å². The van der Waals surface area contributed by atoms with E-state index in [0.29, 0.717) is 44.2 Å². The fourth-order valence-electron chi connectivity index (χ4n) is 3.66. The number of nitrogens with zero attached hydrogens (tertiary/aromatic N) is 5. The third kappa shape index (κ3) is 6.64. The Labute approximate surface area is 194 Å². The number of benzene rings is 1. The van der Waals surface area contributed by atoms with Gasteiger partial charge in [-0.2, -0.15) is 0 Å². The fourth-order valence-corrected chi connectivity index (χ4v) is 3.84. The summed E-state index contributed by atoms with van der Waals surface area (Å²) in [6.45, 7) is 6.00. The van der Waals surface area contributed by atoms with E-state index in [1.54, 1.807) is 18.2 Å². The zero-order valence-electron chi connectivity index (χ0n) is 18.7. The van der Waals surface area contributed by atoms with Crippen LogP contribution in [0.5, 0.6) is 0 Å². The largest absolute Gasteiger partial charge is 0.385 e. The zero-order chi connectivity index (χ0) is 22.9. The second-order valence-electron chi connectivity index (χ2n) is 7.78. The second kappa shape index (κ2) is 11.8. The van der Waals surface area contributed by atoms with Gasteiger partial charge in [0.25, 0.3) is 5.91 Å². The molecule has 2 aromatic rings. The number of amides is 2. The number of aryl methyl sites for hydroxylation is 1. The molecule has 0 unspecified atom stereocenters. The van der Waals surface area contributed by atoms with Crippen molar-refractivity contribution in [2.45, 2.75) is 19.8 Å². The van der Waals surface area contributed by atoms with Gasteiger partial charge < -0.3 is 19.4 Å². The Morgan fingerprint density at radius 2 is 1.91 bits per heavy atom. The quantitative estimate of drug-likeness (QED) is 0.536. The molecule has 0 atom stereocenters. The number of hydrogen-bond donors (Lipinski definition) is 0. The lowest BCUT2D eigenvalue weighted by Crippen LogP contribution is -2.49. The lowest BCUT2D eigenvalue weighted by atomic mass is 10.2. The molecule has 0 bridgehead atoms. The predicted octanol–water partition coefficient (Wildman–Crippen LogP) is 2.66. The smallest absolute Gasteiger partial charge is 0.274 e. The molecule has 0 spiro atoms. The van der Waals surface area contributed by atoms with E-state index in [0.717, 1.165) is 24.5 Å². The second-order valence-corrected chi connectivity index (χ2v) is 8.22. The maximum atomic E-state index is 12.9. The summed E-state index contributed by atoms with van der Waals surface area (Å²) >= 11 is 6.10. The van der Waals surface area contributed by atoms with Crippen LogP contribution < -0.4 is 4.90 Å². The minimum absolute atomic E-state index is 0.0512. The number of rotatable bonds is 9. The van der Waals surface area contributed by atoms with E-state index in [9.17, 15) is 9.59 Å². The van der Waals surface area contributed by atoms with E-state index in [1.807, 2.05) is 36.1 Å². The first-order valence-corrected chi connectivity index (χ1v) is 11.2. The van der Waals surface area contributed by atoms with Crippen LogP contribution in [0.4, 0.5) is 5.69 Å². The molecule has 1 aliphatic rings. The molecule has 1 aliphatic heterocycles. The molecule has 1 fully saturated rings. The van der Waals surface area contributed by atoms with Crippen molar-refractivity contribution in [2.75, 3.05) is 57.9 Å². The Kier molecular flexibility index (Phi) is 8.81. The van der Waals surface area contributed by atoms with E-state index in [4.69, 9.17) is 16.3 Å². The van der Waals surface area contributed by atoms with Gasteiger partial charge in [0, 0.05) is 76.3 Å². The molecule has 3 rings (SSSR count). The molecule has 1 aromatic carbocycles. The normalized spacial score (nSPS) is 13.8. The van der Waals surface area contributed by atoms with Crippen LogP contribution in [-0.2, 0) is 9.53 Å². The first kappa shape index (κ1) is 23.9. The summed E-state index contributed by atoms with van der Waals surface area (Å²) in [7, 11) is 1.63. The topological polar surface area (TPSA) is 78.9 Å². The van der Waals surface area contributed by atoms with Gasteiger partial charge in [-0.25, -0.2) is 4.98 Å². The van der Waals surface area contributed by atoms with Crippen LogP contribution in [0.2, 0.25) is 5.02 Å². The minimum atomic E-state index is -0.216. The molecule has 2 heterocycles. The molecule has 0 N–H and O–H groups in total. The molecule has 32 heavy (non-hydrogen) atoms. The van der Waals surface area contributed by atoms with Gasteiger partial charge in [-0.3, -0.25) is 14.6 Å². The summed E-state index contributed by atoms with van der Waals surface area (Å²) in [5.41, 5.74) is 2.11. The fraction of sp³-hybridized carbons (Fsp3) is 0.478. The van der Waals surface area contributed by atoms with Gasteiger partial charge in [0.2, 0.25) is 5.91 Å². The van der Waals surface area contributed by atoms with Gasteiger partial charge in [-0.1, -0.05) is 17.7 Å². The van der Waals surface area contributed by atoms with Crippen molar-refractivity contribution in [2.24, 2.45) is 0 Å². The molecule has 2 amide bonds. The SMILES string of the molecule is COCCCN(CCC(=O)N1CCN(c2cccc(Cl)c2)CC1)C(=O)c1cnc(C)cn1. The molecule has 172 valence electrons. The molecular weight excluding hydrogens is 430 g/mol. The van der Waals surface area contributed by atoms with E-state index in [-0.39, 0.29) is 23.9 Å². The number of halogens is 1. The molecule has 0 aliphatic carbocycles. The van der Waals surface area contributed by atoms with Crippen molar-refractivity contribution in [3.63, 3.8) is 0 Å². The highest BCUT2D eigenvalue weighted by molar-refractivity contribution is 6.30. The highest BCUT2D eigenvalue weighted by atomic mass is 35.5. The van der Waals surface area contributed by atoms with Crippen molar-refractivity contribution in [3.8, 4) is 0 Å². The number of aromatic nitrogens is 2. The first-order valence-electron chi connectivity index (χ1n) is 10.8. The molecule has 1 aromatic heterocycles. The summed E-state index contributed by atoms with van der Waals surface area (Å²) in [6.07, 6.45) is 4.02. The number of hydrogen-bond acceptors (Lipinski definition) is 6. The van der Waals surface area contributed by atoms with Gasteiger partial charge >= 0.3 is 0 Å². The number of ether oxygens (including phenoxy) is 1. The summed E-state index contributed by atoms with van der Waals surface area (Å²) in [6, 6.07) is 7.76. The Morgan fingerprint density at radius 3 is 2.56 bits per heavy atom. The Balaban J connectivity index is 1.54. The highest BCUT2D eigenvalue weighted by Crippen LogP contribution is 2.21. The number of methoxy groups -OCH3 is 1. The molecule has 0 radical (unpaired) electrons. The van der Waals surface area contributed by atoms with Gasteiger partial charge in [0.15, 0.2) is 0 Å². The summed E-state index contributed by atoms with van der Waals surface area (Å²) < 4.78 is 5.11. The Hall–Kier alpha value is -2.71. The Bertz CT molecular complexity index is 901. The van der Waals surface area contributed by atoms with E-state index in [2.05, 4.69) is 14.9 Å². The van der Waals surface area contributed by atoms with Crippen molar-refractivity contribution < 1.29 is 14.3 Å². The summed E-state index contributed by atoms with van der Waals surface area (Å²) in [5, 5.41) is 0.706. The molecule has 8 nitrogen and oxygen atoms in total. The van der Waals surface area contributed by atoms with Gasteiger partial charge in [-0.15, -0.1) is 0 Å². The number of carbonyl (C=O) groups is 2. The Morgan fingerprint density at radius 1 is 1.12 bits per heavy atom. The van der Waals surface area contributed by atoms with E-state index >= 15 is 0 Å². The van der Waals surface area contributed by atoms with E-state index in [1.165, 1.54) is 6.20 Å². The van der Waals surface area contributed by atoms with Crippen molar-refractivity contribution in [1.29, 1.82) is 0 Å². The molecule has 1 saturated heterocycles. The zero-order valence-corrected chi connectivity index (χ0v) is 19.4. The van der Waals surface area contributed by atoms with Gasteiger partial charge in [0.05, 0.1) is 11.9 Å². The van der Waals surface area contributed by atoms with Gasteiger partial charge in [-0.05, 0) is 31.5 Å². The molecule has 9 heteroatoms. The average Bonchev–Trinajstić information content (AvgIpc) is 2.81. The minimum Gasteiger partial charge on any atom is -0.385 e. The lowest BCUT2D eigenvalue weighted by Gasteiger charge is -2.36. The molecule has 0 saturated carbocycles. The maximum absolute atomic E-state index is 12.9. The number of piperazine rings is 1. The number of anilines is 1.